The van der Waals surface area contributed by atoms with E-state index in [2.05, 4.69) is 22.1 Å². The number of hydrogen-bond donors (Lipinski definition) is 1. The Morgan fingerprint density at radius 1 is 1.21 bits per heavy atom. The fourth-order valence-electron chi connectivity index (χ4n) is 2.70. The van der Waals surface area contributed by atoms with Crippen LogP contribution < -0.4 is 10.1 Å². The number of para-hydroxylation sites is 1. The van der Waals surface area contributed by atoms with Crippen LogP contribution in [0.3, 0.4) is 0 Å². The molecule has 0 bridgehead atoms. The molecule has 0 aliphatic carbocycles. The summed E-state index contributed by atoms with van der Waals surface area (Å²) in [5, 5.41) is 12.1. The van der Waals surface area contributed by atoms with Crippen LogP contribution in [0, 0.1) is 13.8 Å². The summed E-state index contributed by atoms with van der Waals surface area (Å²) in [6.07, 6.45) is 1.77. The van der Waals surface area contributed by atoms with E-state index in [4.69, 9.17) is 4.74 Å². The molecule has 0 aliphatic heterocycles. The maximum absolute atomic E-state index is 12.4. The molecule has 0 radical (unpaired) electrons. The standard InChI is InChI=1S/C22H24N4O2S/c1-4-12-26-20(14-28-18-8-6-5-7-9-18)24-25-22(26)29-15-21(27)23-19-13-16(2)10-11-17(19)3/h4-11,13H,1,12,14-15H2,2-3H3,(H,23,27). The zero-order valence-electron chi connectivity index (χ0n) is 16.6. The van der Waals surface area contributed by atoms with Gasteiger partial charge in [0.15, 0.2) is 11.0 Å². The fraction of sp³-hybridized carbons (Fsp3) is 0.227. The number of carbonyl (C=O) groups excluding carboxylic acids is 1. The smallest absolute Gasteiger partial charge is 0.234 e. The van der Waals surface area contributed by atoms with E-state index in [1.807, 2.05) is 66.9 Å². The molecule has 1 aromatic heterocycles. The van der Waals surface area contributed by atoms with E-state index < -0.39 is 0 Å². The van der Waals surface area contributed by atoms with Crippen molar-refractivity contribution in [3.05, 3.63) is 78.1 Å². The lowest BCUT2D eigenvalue weighted by Crippen LogP contribution is -2.15. The first-order chi connectivity index (χ1) is 14.1. The number of amides is 1. The largest absolute Gasteiger partial charge is 0.486 e. The third kappa shape index (κ3) is 5.71. The minimum atomic E-state index is -0.0843. The number of carbonyl (C=O) groups is 1. The Bertz CT molecular complexity index is 986. The van der Waals surface area contributed by atoms with Gasteiger partial charge in [0.1, 0.15) is 12.4 Å². The average Bonchev–Trinajstić information content (AvgIpc) is 3.10. The van der Waals surface area contributed by atoms with E-state index in [9.17, 15) is 4.79 Å². The van der Waals surface area contributed by atoms with Crippen molar-refractivity contribution in [2.45, 2.75) is 32.2 Å². The molecule has 1 amide bonds. The summed E-state index contributed by atoms with van der Waals surface area (Å²) in [6, 6.07) is 15.5. The number of ether oxygens (including phenoxy) is 1. The van der Waals surface area contributed by atoms with Gasteiger partial charge < -0.3 is 10.1 Å². The molecular weight excluding hydrogens is 384 g/mol. The Kier molecular flexibility index (Phi) is 7.08. The highest BCUT2D eigenvalue weighted by molar-refractivity contribution is 7.99. The Morgan fingerprint density at radius 3 is 2.76 bits per heavy atom. The maximum Gasteiger partial charge on any atom is 0.234 e. The zero-order chi connectivity index (χ0) is 20.6. The summed E-state index contributed by atoms with van der Waals surface area (Å²) in [5.74, 6) is 1.61. The number of allylic oxidation sites excluding steroid dienone is 1. The molecule has 0 saturated carbocycles. The summed E-state index contributed by atoms with van der Waals surface area (Å²) < 4.78 is 7.68. The van der Waals surface area contributed by atoms with Gasteiger partial charge in [0.25, 0.3) is 0 Å². The van der Waals surface area contributed by atoms with E-state index in [0.29, 0.717) is 24.1 Å². The van der Waals surface area contributed by atoms with Crippen molar-refractivity contribution in [2.75, 3.05) is 11.1 Å². The molecule has 3 rings (SSSR count). The van der Waals surface area contributed by atoms with Crippen LogP contribution in [0.2, 0.25) is 0 Å². The molecule has 7 heteroatoms. The average molecular weight is 409 g/mol. The van der Waals surface area contributed by atoms with E-state index in [1.54, 1.807) is 6.08 Å². The number of thioether (sulfide) groups is 1. The quantitative estimate of drug-likeness (QED) is 0.420. The van der Waals surface area contributed by atoms with Gasteiger partial charge in [-0.1, -0.05) is 48.2 Å². The van der Waals surface area contributed by atoms with Gasteiger partial charge in [0, 0.05) is 12.2 Å². The van der Waals surface area contributed by atoms with Gasteiger partial charge in [-0.3, -0.25) is 9.36 Å². The summed E-state index contributed by atoms with van der Waals surface area (Å²) in [5.41, 5.74) is 2.97. The first-order valence-electron chi connectivity index (χ1n) is 9.27. The lowest BCUT2D eigenvalue weighted by Gasteiger charge is -2.10. The number of nitrogens with zero attached hydrogens (tertiary/aromatic N) is 3. The van der Waals surface area contributed by atoms with Crippen LogP contribution in [0.4, 0.5) is 5.69 Å². The number of aryl methyl sites for hydroxylation is 2. The SMILES string of the molecule is C=CCn1c(COc2ccccc2)nnc1SCC(=O)Nc1cc(C)ccc1C. The highest BCUT2D eigenvalue weighted by atomic mass is 32.2. The van der Waals surface area contributed by atoms with Crippen LogP contribution in [0.1, 0.15) is 17.0 Å². The monoisotopic (exact) mass is 408 g/mol. The lowest BCUT2D eigenvalue weighted by atomic mass is 10.1. The number of rotatable bonds is 9. The van der Waals surface area contributed by atoms with Gasteiger partial charge in [-0.15, -0.1) is 16.8 Å². The Morgan fingerprint density at radius 2 is 2.00 bits per heavy atom. The Balaban J connectivity index is 1.62. The molecule has 2 aromatic carbocycles. The first kappa shape index (κ1) is 20.7. The molecule has 0 saturated heterocycles. The van der Waals surface area contributed by atoms with Crippen molar-refractivity contribution < 1.29 is 9.53 Å². The van der Waals surface area contributed by atoms with E-state index in [1.165, 1.54) is 11.8 Å². The predicted molar refractivity (Wildman–Crippen MR) is 116 cm³/mol. The van der Waals surface area contributed by atoms with Gasteiger partial charge in [0.2, 0.25) is 5.91 Å². The van der Waals surface area contributed by atoms with Crippen molar-refractivity contribution in [1.82, 2.24) is 14.8 Å². The second-order valence-corrected chi connectivity index (χ2v) is 7.50. The maximum atomic E-state index is 12.4. The van der Waals surface area contributed by atoms with E-state index >= 15 is 0 Å². The molecule has 0 unspecified atom stereocenters. The number of anilines is 1. The third-order valence-corrected chi connectivity index (χ3v) is 5.18. The number of hydrogen-bond acceptors (Lipinski definition) is 5. The molecule has 3 aromatic rings. The van der Waals surface area contributed by atoms with Crippen molar-refractivity contribution in [2.24, 2.45) is 0 Å². The van der Waals surface area contributed by atoms with Crippen LogP contribution in [0.15, 0.2) is 66.3 Å². The zero-order valence-corrected chi connectivity index (χ0v) is 17.4. The van der Waals surface area contributed by atoms with Crippen molar-refractivity contribution in [3.63, 3.8) is 0 Å². The van der Waals surface area contributed by atoms with E-state index in [0.717, 1.165) is 22.6 Å². The van der Waals surface area contributed by atoms with E-state index in [-0.39, 0.29) is 11.7 Å². The van der Waals surface area contributed by atoms with Gasteiger partial charge in [-0.25, -0.2) is 0 Å². The highest BCUT2D eigenvalue weighted by Gasteiger charge is 2.14. The summed E-state index contributed by atoms with van der Waals surface area (Å²) in [7, 11) is 0. The molecular formula is C22H24N4O2S. The normalized spacial score (nSPS) is 10.6. The van der Waals surface area contributed by atoms with Gasteiger partial charge >= 0.3 is 0 Å². The molecule has 0 fully saturated rings. The molecule has 150 valence electrons. The summed E-state index contributed by atoms with van der Waals surface area (Å²) >= 11 is 1.34. The molecule has 29 heavy (non-hydrogen) atoms. The molecule has 0 aliphatic rings. The van der Waals surface area contributed by atoms with Crippen molar-refractivity contribution in [1.29, 1.82) is 0 Å². The predicted octanol–water partition coefficient (Wildman–Crippen LogP) is 4.39. The summed E-state index contributed by atoms with van der Waals surface area (Å²) in [6.45, 7) is 8.61. The molecule has 0 spiro atoms. The number of nitrogens with one attached hydrogen (secondary N) is 1. The van der Waals surface area contributed by atoms with Crippen LogP contribution in [0.25, 0.3) is 0 Å². The van der Waals surface area contributed by atoms with Crippen molar-refractivity contribution in [3.8, 4) is 5.75 Å². The van der Waals surface area contributed by atoms with Gasteiger partial charge in [-0.2, -0.15) is 0 Å². The minimum Gasteiger partial charge on any atom is -0.486 e. The van der Waals surface area contributed by atoms with Gasteiger partial charge in [-0.05, 0) is 43.2 Å². The highest BCUT2D eigenvalue weighted by Crippen LogP contribution is 2.21. The van der Waals surface area contributed by atoms with Crippen LogP contribution in [0.5, 0.6) is 5.75 Å². The number of benzene rings is 2. The molecule has 6 nitrogen and oxygen atoms in total. The summed E-state index contributed by atoms with van der Waals surface area (Å²) in [4.78, 5) is 12.4. The van der Waals surface area contributed by atoms with Crippen LogP contribution >= 0.6 is 11.8 Å². The van der Waals surface area contributed by atoms with Crippen molar-refractivity contribution >= 4 is 23.4 Å². The first-order valence-corrected chi connectivity index (χ1v) is 10.3. The minimum absolute atomic E-state index is 0.0843. The Hall–Kier alpha value is -3.06. The second kappa shape index (κ2) is 9.93. The fourth-order valence-corrected chi connectivity index (χ4v) is 3.46. The van der Waals surface area contributed by atoms with Gasteiger partial charge in [0.05, 0.1) is 5.75 Å². The Labute approximate surface area is 175 Å². The van der Waals surface area contributed by atoms with Crippen LogP contribution in [-0.4, -0.2) is 26.4 Å². The second-order valence-electron chi connectivity index (χ2n) is 6.56. The topological polar surface area (TPSA) is 69.0 Å². The number of aromatic nitrogens is 3. The molecule has 0 atom stereocenters. The lowest BCUT2D eigenvalue weighted by molar-refractivity contribution is -0.113. The van der Waals surface area contributed by atoms with Crippen LogP contribution in [-0.2, 0) is 17.9 Å². The molecule has 1 heterocycles. The third-order valence-electron chi connectivity index (χ3n) is 4.22. The molecule has 1 N–H and O–H groups in total.